The zero-order valence-electron chi connectivity index (χ0n) is 9.31. The fourth-order valence-corrected chi connectivity index (χ4v) is 1.97. The summed E-state index contributed by atoms with van der Waals surface area (Å²) in [5.41, 5.74) is 4.17. The molecule has 1 nitrogen and oxygen atoms in total. The third-order valence-corrected chi connectivity index (χ3v) is 2.75. The monoisotopic (exact) mass is 210 g/mol. The summed E-state index contributed by atoms with van der Waals surface area (Å²) in [6.07, 6.45) is 1.87. The standard InChI is InChI=1S/C15H14O/c1-2-12-9-6-10-14(11-16)15(12)13-7-4-3-5-8-13/h3-11H,2H2,1H3. The molecule has 0 unspecified atom stereocenters. The van der Waals surface area contributed by atoms with E-state index < -0.39 is 0 Å². The molecule has 0 spiro atoms. The number of rotatable bonds is 3. The van der Waals surface area contributed by atoms with Gasteiger partial charge < -0.3 is 0 Å². The molecule has 2 aromatic rings. The Labute approximate surface area is 95.7 Å². The fraction of sp³-hybridized carbons (Fsp3) is 0.133. The highest BCUT2D eigenvalue weighted by molar-refractivity contribution is 5.89. The van der Waals surface area contributed by atoms with Crippen LogP contribution in [0.3, 0.4) is 0 Å². The normalized spacial score (nSPS) is 10.1. The van der Waals surface area contributed by atoms with Gasteiger partial charge in [-0.25, -0.2) is 0 Å². The zero-order chi connectivity index (χ0) is 11.4. The van der Waals surface area contributed by atoms with Gasteiger partial charge in [0, 0.05) is 5.56 Å². The van der Waals surface area contributed by atoms with Crippen molar-refractivity contribution in [3.05, 3.63) is 59.7 Å². The molecule has 0 saturated heterocycles. The predicted molar refractivity (Wildman–Crippen MR) is 66.6 cm³/mol. The molecule has 2 aromatic carbocycles. The van der Waals surface area contributed by atoms with Crippen LogP contribution in [0, 0.1) is 0 Å². The summed E-state index contributed by atoms with van der Waals surface area (Å²) in [6, 6.07) is 16.0. The Bertz CT molecular complexity index is 486. The van der Waals surface area contributed by atoms with Crippen molar-refractivity contribution < 1.29 is 4.79 Å². The average molecular weight is 210 g/mol. The van der Waals surface area contributed by atoms with Crippen LogP contribution < -0.4 is 0 Å². The Morgan fingerprint density at radius 3 is 2.38 bits per heavy atom. The molecule has 0 radical (unpaired) electrons. The number of aryl methyl sites for hydroxylation is 1. The molecule has 0 N–H and O–H groups in total. The summed E-state index contributed by atoms with van der Waals surface area (Å²) >= 11 is 0. The van der Waals surface area contributed by atoms with E-state index in [0.717, 1.165) is 29.4 Å². The number of aldehydes is 1. The minimum Gasteiger partial charge on any atom is -0.298 e. The van der Waals surface area contributed by atoms with Crippen molar-refractivity contribution >= 4 is 6.29 Å². The van der Waals surface area contributed by atoms with Crippen LogP contribution >= 0.6 is 0 Å². The molecule has 0 aliphatic carbocycles. The Balaban J connectivity index is 2.66. The molecule has 0 aliphatic rings. The van der Waals surface area contributed by atoms with Gasteiger partial charge in [-0.05, 0) is 23.1 Å². The molecule has 0 aliphatic heterocycles. The molecule has 0 atom stereocenters. The molecule has 2 rings (SSSR count). The summed E-state index contributed by atoms with van der Waals surface area (Å²) in [5.74, 6) is 0. The molecule has 80 valence electrons. The molecular weight excluding hydrogens is 196 g/mol. The quantitative estimate of drug-likeness (QED) is 0.705. The van der Waals surface area contributed by atoms with E-state index in [1.807, 2.05) is 42.5 Å². The van der Waals surface area contributed by atoms with Crippen LogP contribution in [0.15, 0.2) is 48.5 Å². The Morgan fingerprint density at radius 2 is 1.75 bits per heavy atom. The van der Waals surface area contributed by atoms with Gasteiger partial charge in [-0.2, -0.15) is 0 Å². The number of carbonyl (C=O) groups is 1. The fourth-order valence-electron chi connectivity index (χ4n) is 1.97. The molecular formula is C15H14O. The van der Waals surface area contributed by atoms with Gasteiger partial charge in [0.05, 0.1) is 0 Å². The lowest BCUT2D eigenvalue weighted by Crippen LogP contribution is -1.93. The second kappa shape index (κ2) is 4.75. The van der Waals surface area contributed by atoms with Crippen LogP contribution in [0.1, 0.15) is 22.8 Å². The molecule has 0 saturated carbocycles. The lowest BCUT2D eigenvalue weighted by atomic mass is 9.94. The Morgan fingerprint density at radius 1 is 1.00 bits per heavy atom. The van der Waals surface area contributed by atoms with Gasteiger partial charge in [-0.1, -0.05) is 55.5 Å². The van der Waals surface area contributed by atoms with Crippen molar-refractivity contribution in [2.75, 3.05) is 0 Å². The topological polar surface area (TPSA) is 17.1 Å². The smallest absolute Gasteiger partial charge is 0.150 e. The third kappa shape index (κ3) is 1.89. The maximum absolute atomic E-state index is 11.1. The Kier molecular flexibility index (Phi) is 3.16. The van der Waals surface area contributed by atoms with Crippen LogP contribution in [-0.2, 0) is 6.42 Å². The first-order valence-corrected chi connectivity index (χ1v) is 5.49. The van der Waals surface area contributed by atoms with E-state index in [1.54, 1.807) is 0 Å². The number of benzene rings is 2. The van der Waals surface area contributed by atoms with Gasteiger partial charge >= 0.3 is 0 Å². The lowest BCUT2D eigenvalue weighted by Gasteiger charge is -2.10. The minimum absolute atomic E-state index is 0.769. The van der Waals surface area contributed by atoms with Gasteiger partial charge in [0.2, 0.25) is 0 Å². The highest BCUT2D eigenvalue weighted by atomic mass is 16.1. The van der Waals surface area contributed by atoms with Crippen LogP contribution in [0.2, 0.25) is 0 Å². The lowest BCUT2D eigenvalue weighted by molar-refractivity contribution is 0.112. The van der Waals surface area contributed by atoms with Crippen molar-refractivity contribution in [2.24, 2.45) is 0 Å². The van der Waals surface area contributed by atoms with E-state index in [0.29, 0.717) is 0 Å². The van der Waals surface area contributed by atoms with Crippen molar-refractivity contribution in [3.8, 4) is 11.1 Å². The molecule has 1 heteroatoms. The van der Waals surface area contributed by atoms with E-state index in [-0.39, 0.29) is 0 Å². The molecule has 16 heavy (non-hydrogen) atoms. The van der Waals surface area contributed by atoms with E-state index >= 15 is 0 Å². The van der Waals surface area contributed by atoms with E-state index in [2.05, 4.69) is 13.0 Å². The molecule has 0 fully saturated rings. The molecule has 0 amide bonds. The SMILES string of the molecule is CCc1cccc(C=O)c1-c1ccccc1. The average Bonchev–Trinajstić information content (AvgIpc) is 2.38. The van der Waals surface area contributed by atoms with E-state index in [1.165, 1.54) is 5.56 Å². The molecule has 0 aromatic heterocycles. The number of hydrogen-bond acceptors (Lipinski definition) is 1. The zero-order valence-corrected chi connectivity index (χ0v) is 9.31. The molecule has 0 bridgehead atoms. The number of hydrogen-bond donors (Lipinski definition) is 0. The minimum atomic E-state index is 0.769. The van der Waals surface area contributed by atoms with Crippen LogP contribution in [-0.4, -0.2) is 6.29 Å². The summed E-state index contributed by atoms with van der Waals surface area (Å²) in [6.45, 7) is 2.11. The van der Waals surface area contributed by atoms with Crippen molar-refractivity contribution in [1.29, 1.82) is 0 Å². The van der Waals surface area contributed by atoms with Crippen molar-refractivity contribution in [2.45, 2.75) is 13.3 Å². The van der Waals surface area contributed by atoms with Gasteiger partial charge in [-0.15, -0.1) is 0 Å². The third-order valence-electron chi connectivity index (χ3n) is 2.75. The second-order valence-electron chi connectivity index (χ2n) is 3.72. The maximum atomic E-state index is 11.1. The highest BCUT2D eigenvalue weighted by Crippen LogP contribution is 2.27. The first-order valence-electron chi connectivity index (χ1n) is 5.49. The summed E-state index contributed by atoms with van der Waals surface area (Å²) in [7, 11) is 0. The first kappa shape index (κ1) is 10.6. The second-order valence-corrected chi connectivity index (χ2v) is 3.72. The van der Waals surface area contributed by atoms with Gasteiger partial charge in [0.25, 0.3) is 0 Å². The largest absolute Gasteiger partial charge is 0.298 e. The first-order chi connectivity index (χ1) is 7.86. The predicted octanol–water partition coefficient (Wildman–Crippen LogP) is 3.73. The summed E-state index contributed by atoms with van der Waals surface area (Å²) in [4.78, 5) is 11.1. The van der Waals surface area contributed by atoms with Crippen LogP contribution in [0.4, 0.5) is 0 Å². The van der Waals surface area contributed by atoms with Gasteiger partial charge in [0.15, 0.2) is 6.29 Å². The summed E-state index contributed by atoms with van der Waals surface area (Å²) < 4.78 is 0. The number of carbonyl (C=O) groups excluding carboxylic acids is 1. The molecule has 0 heterocycles. The van der Waals surface area contributed by atoms with Crippen molar-refractivity contribution in [1.82, 2.24) is 0 Å². The highest BCUT2D eigenvalue weighted by Gasteiger charge is 2.08. The van der Waals surface area contributed by atoms with Gasteiger partial charge in [-0.3, -0.25) is 4.79 Å². The van der Waals surface area contributed by atoms with Crippen LogP contribution in [0.5, 0.6) is 0 Å². The van der Waals surface area contributed by atoms with E-state index in [4.69, 9.17) is 0 Å². The van der Waals surface area contributed by atoms with Gasteiger partial charge in [0.1, 0.15) is 0 Å². The van der Waals surface area contributed by atoms with E-state index in [9.17, 15) is 4.79 Å². The van der Waals surface area contributed by atoms with Crippen LogP contribution in [0.25, 0.3) is 11.1 Å². The summed E-state index contributed by atoms with van der Waals surface area (Å²) in [5, 5.41) is 0. The maximum Gasteiger partial charge on any atom is 0.150 e. The Hall–Kier alpha value is -1.89. The van der Waals surface area contributed by atoms with Crippen molar-refractivity contribution in [3.63, 3.8) is 0 Å².